The number of carbonyl (C=O) groups excluding carboxylic acids is 1. The molecule has 7 heteroatoms. The van der Waals surface area contributed by atoms with Crippen molar-refractivity contribution in [2.24, 2.45) is 5.92 Å². The van der Waals surface area contributed by atoms with Crippen LogP contribution in [-0.4, -0.2) is 24.0 Å². The number of ether oxygens (including phenoxy) is 1. The number of carbonyl (C=O) groups is 1. The lowest BCUT2D eigenvalue weighted by Gasteiger charge is -2.13. The average molecular weight is 289 g/mol. The Bertz CT molecular complexity index is 609. The number of nitro benzene ring substituents is 1. The van der Waals surface area contributed by atoms with Crippen molar-refractivity contribution in [2.45, 2.75) is 25.4 Å². The fraction of sp³-hybridized carbons (Fsp3) is 0.429. The standard InChI is InChI=1S/C14H15N3O4/c1-16-13-11(3-2-4-12(13)17(19)20)14(18)21-10-6-5-9(7-10)8-15/h2-4,9-10,16H,5-7H2,1H3/t9-,10+/m0/s1. The first-order chi connectivity index (χ1) is 10.1. The molecule has 0 bridgehead atoms. The van der Waals surface area contributed by atoms with Gasteiger partial charge in [0.1, 0.15) is 11.8 Å². The zero-order valence-corrected chi connectivity index (χ0v) is 11.5. The molecule has 0 heterocycles. The summed E-state index contributed by atoms with van der Waals surface area (Å²) in [6.45, 7) is 0. The number of benzene rings is 1. The maximum atomic E-state index is 12.2. The predicted octanol–water partition coefficient (Wildman–Crippen LogP) is 2.49. The maximum Gasteiger partial charge on any atom is 0.340 e. The molecule has 2 rings (SSSR count). The highest BCUT2D eigenvalue weighted by molar-refractivity contribution is 5.98. The van der Waals surface area contributed by atoms with Crippen molar-refractivity contribution in [2.75, 3.05) is 12.4 Å². The predicted molar refractivity (Wildman–Crippen MR) is 74.8 cm³/mol. The van der Waals surface area contributed by atoms with Gasteiger partial charge >= 0.3 is 5.97 Å². The highest BCUT2D eigenvalue weighted by Gasteiger charge is 2.29. The first-order valence-electron chi connectivity index (χ1n) is 6.62. The van der Waals surface area contributed by atoms with E-state index in [0.29, 0.717) is 19.3 Å². The number of esters is 1. The number of hydrogen-bond donors (Lipinski definition) is 1. The van der Waals surface area contributed by atoms with E-state index in [9.17, 15) is 14.9 Å². The number of nitrogens with one attached hydrogen (secondary N) is 1. The molecule has 110 valence electrons. The fourth-order valence-electron chi connectivity index (χ4n) is 2.50. The zero-order chi connectivity index (χ0) is 15.4. The van der Waals surface area contributed by atoms with E-state index in [1.54, 1.807) is 0 Å². The molecule has 7 nitrogen and oxygen atoms in total. The molecule has 0 unspecified atom stereocenters. The van der Waals surface area contributed by atoms with Gasteiger partial charge in [0.05, 0.1) is 16.6 Å². The lowest BCUT2D eigenvalue weighted by molar-refractivity contribution is -0.384. The summed E-state index contributed by atoms with van der Waals surface area (Å²) in [6, 6.07) is 6.41. The minimum Gasteiger partial charge on any atom is -0.459 e. The summed E-state index contributed by atoms with van der Waals surface area (Å²) in [5.74, 6) is -0.691. The Hall–Kier alpha value is -2.62. The molecule has 2 atom stereocenters. The van der Waals surface area contributed by atoms with Crippen molar-refractivity contribution in [3.63, 3.8) is 0 Å². The van der Waals surface area contributed by atoms with Gasteiger partial charge in [-0.25, -0.2) is 4.79 Å². The topological polar surface area (TPSA) is 105 Å². The van der Waals surface area contributed by atoms with Crippen molar-refractivity contribution < 1.29 is 14.5 Å². The third kappa shape index (κ3) is 3.11. The van der Waals surface area contributed by atoms with Gasteiger partial charge in [0, 0.05) is 25.5 Å². The first-order valence-corrected chi connectivity index (χ1v) is 6.62. The molecule has 1 aromatic rings. The molecule has 0 radical (unpaired) electrons. The molecule has 0 saturated heterocycles. The van der Waals surface area contributed by atoms with Gasteiger partial charge in [-0.3, -0.25) is 10.1 Å². The third-order valence-corrected chi connectivity index (χ3v) is 3.55. The van der Waals surface area contributed by atoms with Gasteiger partial charge in [-0.15, -0.1) is 0 Å². The Balaban J connectivity index is 2.18. The lowest BCUT2D eigenvalue weighted by atomic mass is 10.1. The second-order valence-electron chi connectivity index (χ2n) is 4.87. The van der Waals surface area contributed by atoms with Crippen LogP contribution < -0.4 is 5.32 Å². The largest absolute Gasteiger partial charge is 0.459 e. The molecule has 1 saturated carbocycles. The van der Waals surface area contributed by atoms with Gasteiger partial charge in [-0.05, 0) is 18.9 Å². The van der Waals surface area contributed by atoms with E-state index >= 15 is 0 Å². The van der Waals surface area contributed by atoms with Crippen molar-refractivity contribution in [1.82, 2.24) is 0 Å². The average Bonchev–Trinajstić information content (AvgIpc) is 2.93. The Morgan fingerprint density at radius 3 is 2.86 bits per heavy atom. The van der Waals surface area contributed by atoms with Crippen LogP contribution in [-0.2, 0) is 4.74 Å². The summed E-state index contributed by atoms with van der Waals surface area (Å²) < 4.78 is 5.35. The SMILES string of the molecule is CNc1c(C(=O)O[C@@H]2CC[C@H](C#N)C2)cccc1[N+](=O)[O-]. The van der Waals surface area contributed by atoms with Crippen molar-refractivity contribution >= 4 is 17.3 Å². The van der Waals surface area contributed by atoms with Gasteiger partial charge in [-0.2, -0.15) is 5.26 Å². The third-order valence-electron chi connectivity index (χ3n) is 3.55. The van der Waals surface area contributed by atoms with Crippen LogP contribution in [0, 0.1) is 27.4 Å². The summed E-state index contributed by atoms with van der Waals surface area (Å²) in [6.07, 6.45) is 1.58. The van der Waals surface area contributed by atoms with Crippen LogP contribution >= 0.6 is 0 Å². The van der Waals surface area contributed by atoms with E-state index in [1.165, 1.54) is 25.2 Å². The van der Waals surface area contributed by atoms with Crippen LogP contribution in [0.15, 0.2) is 18.2 Å². The minimum absolute atomic E-state index is 0.0864. The molecule has 0 aromatic heterocycles. The van der Waals surface area contributed by atoms with Gasteiger partial charge < -0.3 is 10.1 Å². The number of hydrogen-bond acceptors (Lipinski definition) is 6. The van der Waals surface area contributed by atoms with E-state index in [4.69, 9.17) is 10.00 Å². The quantitative estimate of drug-likeness (QED) is 0.518. The van der Waals surface area contributed by atoms with Crippen LogP contribution in [0.3, 0.4) is 0 Å². The van der Waals surface area contributed by atoms with E-state index in [1.807, 2.05) is 0 Å². The smallest absolute Gasteiger partial charge is 0.340 e. The summed E-state index contributed by atoms with van der Waals surface area (Å²) in [4.78, 5) is 22.6. The Morgan fingerprint density at radius 2 is 2.29 bits per heavy atom. The molecule has 1 aliphatic carbocycles. The van der Waals surface area contributed by atoms with Crippen LogP contribution in [0.4, 0.5) is 11.4 Å². The Labute approximate surface area is 121 Å². The lowest BCUT2D eigenvalue weighted by Crippen LogP contribution is -2.17. The van der Waals surface area contributed by atoms with E-state index < -0.39 is 10.9 Å². The summed E-state index contributed by atoms with van der Waals surface area (Å²) >= 11 is 0. The number of nitro groups is 1. The highest BCUT2D eigenvalue weighted by atomic mass is 16.6. The van der Waals surface area contributed by atoms with Crippen molar-refractivity contribution in [1.29, 1.82) is 5.26 Å². The van der Waals surface area contributed by atoms with Crippen LogP contribution in [0.5, 0.6) is 0 Å². The molecule has 1 N–H and O–H groups in total. The monoisotopic (exact) mass is 289 g/mol. The molecular weight excluding hydrogens is 274 g/mol. The molecule has 0 spiro atoms. The van der Waals surface area contributed by atoms with E-state index in [2.05, 4.69) is 11.4 Å². The molecular formula is C14H15N3O4. The van der Waals surface area contributed by atoms with Crippen molar-refractivity contribution in [3.8, 4) is 6.07 Å². The van der Waals surface area contributed by atoms with Gasteiger partial charge in [0.2, 0.25) is 0 Å². The first kappa shape index (κ1) is 14.8. The molecule has 1 aromatic carbocycles. The van der Waals surface area contributed by atoms with Gasteiger partial charge in [0.15, 0.2) is 0 Å². The van der Waals surface area contributed by atoms with E-state index in [-0.39, 0.29) is 29.0 Å². The normalized spacial score (nSPS) is 20.6. The maximum absolute atomic E-state index is 12.2. The second-order valence-corrected chi connectivity index (χ2v) is 4.87. The second kappa shape index (κ2) is 6.22. The Morgan fingerprint density at radius 1 is 1.52 bits per heavy atom. The van der Waals surface area contributed by atoms with Crippen LogP contribution in [0.2, 0.25) is 0 Å². The summed E-state index contributed by atoms with van der Waals surface area (Å²) in [5.41, 5.74) is 0.0997. The minimum atomic E-state index is -0.605. The highest BCUT2D eigenvalue weighted by Crippen LogP contribution is 2.31. The van der Waals surface area contributed by atoms with E-state index in [0.717, 1.165) is 0 Å². The molecule has 0 aliphatic heterocycles. The summed E-state index contributed by atoms with van der Waals surface area (Å²) in [7, 11) is 1.51. The van der Waals surface area contributed by atoms with Crippen LogP contribution in [0.1, 0.15) is 29.6 Å². The zero-order valence-electron chi connectivity index (χ0n) is 11.5. The Kier molecular flexibility index (Phi) is 4.38. The molecule has 1 aliphatic rings. The number of nitriles is 1. The number of rotatable bonds is 4. The number of anilines is 1. The van der Waals surface area contributed by atoms with Crippen LogP contribution in [0.25, 0.3) is 0 Å². The van der Waals surface area contributed by atoms with Gasteiger partial charge in [-0.1, -0.05) is 6.07 Å². The molecule has 0 amide bonds. The van der Waals surface area contributed by atoms with Gasteiger partial charge in [0.25, 0.3) is 5.69 Å². The van der Waals surface area contributed by atoms with Crippen molar-refractivity contribution in [3.05, 3.63) is 33.9 Å². The fourth-order valence-corrected chi connectivity index (χ4v) is 2.50. The molecule has 1 fully saturated rings. The summed E-state index contributed by atoms with van der Waals surface area (Å²) in [5, 5.41) is 22.5. The number of para-hydroxylation sites is 1. The molecule has 21 heavy (non-hydrogen) atoms. The number of nitrogens with zero attached hydrogens (tertiary/aromatic N) is 2.